The molecule has 0 fully saturated rings. The largest absolute Gasteiger partial charge is 0.322 e. The molecular weight excluding hydrogens is 482 g/mol. The number of sulfonamides is 1. The molecule has 0 aliphatic rings. The summed E-state index contributed by atoms with van der Waals surface area (Å²) in [7, 11) is -3.72. The number of rotatable bonds is 6. The smallest absolute Gasteiger partial charge is 0.274 e. The van der Waals surface area contributed by atoms with Gasteiger partial charge in [-0.3, -0.25) is 19.6 Å². The minimum atomic E-state index is -3.72. The summed E-state index contributed by atoms with van der Waals surface area (Å²) in [6, 6.07) is 13.4. The first-order valence-electron chi connectivity index (χ1n) is 8.10. The summed E-state index contributed by atoms with van der Waals surface area (Å²) >= 11 is 4.30. The zero-order chi connectivity index (χ0) is 21.2. The van der Waals surface area contributed by atoms with Crippen LogP contribution >= 0.6 is 27.3 Å². The summed E-state index contributed by atoms with van der Waals surface area (Å²) in [6.07, 6.45) is 0. The molecule has 11 heteroatoms. The molecule has 0 aliphatic carbocycles. The number of amides is 1. The average Bonchev–Trinajstić information content (AvgIpc) is 3.11. The minimum absolute atomic E-state index is 0.0900. The van der Waals surface area contributed by atoms with Gasteiger partial charge in [-0.15, -0.1) is 11.3 Å². The van der Waals surface area contributed by atoms with Crippen LogP contribution in [-0.4, -0.2) is 19.2 Å². The van der Waals surface area contributed by atoms with Gasteiger partial charge in [0.05, 0.1) is 8.71 Å². The number of nitro benzene ring substituents is 1. The maximum atomic E-state index is 12.4. The van der Waals surface area contributed by atoms with Crippen molar-refractivity contribution < 1.29 is 18.1 Å². The van der Waals surface area contributed by atoms with Crippen LogP contribution in [-0.2, 0) is 10.0 Å². The van der Waals surface area contributed by atoms with Crippen molar-refractivity contribution in [2.45, 2.75) is 11.1 Å². The van der Waals surface area contributed by atoms with E-state index in [1.165, 1.54) is 36.4 Å². The first kappa shape index (κ1) is 21.0. The third kappa shape index (κ3) is 5.00. The van der Waals surface area contributed by atoms with Crippen LogP contribution in [0.1, 0.15) is 15.9 Å². The highest BCUT2D eigenvalue weighted by Crippen LogP contribution is 2.28. The number of hydrogen-bond acceptors (Lipinski definition) is 6. The molecule has 1 amide bonds. The number of carbonyl (C=O) groups is 1. The number of benzene rings is 2. The molecule has 29 heavy (non-hydrogen) atoms. The van der Waals surface area contributed by atoms with Crippen molar-refractivity contribution in [1.29, 1.82) is 0 Å². The first-order valence-corrected chi connectivity index (χ1v) is 11.2. The van der Waals surface area contributed by atoms with E-state index < -0.39 is 20.9 Å². The van der Waals surface area contributed by atoms with Gasteiger partial charge in [0.2, 0.25) is 0 Å². The molecule has 1 aromatic heterocycles. The standard InChI is InChI=1S/C18H14BrN3O5S2/c1-11-2-5-14(10-15(11)22(24)25)20-18(23)12-3-6-13(7-4-12)21-29(26,27)17-9-8-16(19)28-17/h2-10,21H,1H3,(H,20,23). The lowest BCUT2D eigenvalue weighted by Gasteiger charge is -2.09. The highest BCUT2D eigenvalue weighted by Gasteiger charge is 2.17. The Morgan fingerprint density at radius 1 is 1.07 bits per heavy atom. The molecule has 0 aliphatic heterocycles. The van der Waals surface area contributed by atoms with Gasteiger partial charge in [-0.1, -0.05) is 6.07 Å². The highest BCUT2D eigenvalue weighted by atomic mass is 79.9. The van der Waals surface area contributed by atoms with Gasteiger partial charge >= 0.3 is 0 Å². The third-order valence-corrected chi connectivity index (χ3v) is 7.37. The van der Waals surface area contributed by atoms with Gasteiger partial charge in [-0.2, -0.15) is 0 Å². The highest BCUT2D eigenvalue weighted by molar-refractivity contribution is 9.11. The Hall–Kier alpha value is -2.76. The van der Waals surface area contributed by atoms with Crippen molar-refractivity contribution in [2.75, 3.05) is 10.0 Å². The van der Waals surface area contributed by atoms with Crippen LogP contribution in [0.4, 0.5) is 17.1 Å². The number of nitrogens with one attached hydrogen (secondary N) is 2. The second-order valence-corrected chi connectivity index (χ2v) is 10.3. The van der Waals surface area contributed by atoms with E-state index >= 15 is 0 Å². The fraction of sp³-hybridized carbons (Fsp3) is 0.0556. The van der Waals surface area contributed by atoms with Gasteiger partial charge in [0.1, 0.15) is 4.21 Å². The summed E-state index contributed by atoms with van der Waals surface area (Å²) < 4.78 is 28.0. The zero-order valence-electron chi connectivity index (χ0n) is 14.9. The van der Waals surface area contributed by atoms with E-state index in [1.807, 2.05) is 0 Å². The Labute approximate surface area is 178 Å². The first-order chi connectivity index (χ1) is 13.7. The number of anilines is 2. The summed E-state index contributed by atoms with van der Waals surface area (Å²) in [6.45, 7) is 1.61. The van der Waals surface area contributed by atoms with E-state index in [1.54, 1.807) is 25.1 Å². The van der Waals surface area contributed by atoms with Gasteiger partial charge in [0.15, 0.2) is 0 Å². The van der Waals surface area contributed by atoms with Crippen molar-refractivity contribution in [3.63, 3.8) is 0 Å². The van der Waals surface area contributed by atoms with Gasteiger partial charge in [-0.05, 0) is 65.3 Å². The number of nitrogens with zero attached hydrogens (tertiary/aromatic N) is 1. The normalized spacial score (nSPS) is 11.1. The molecule has 3 aromatic rings. The summed E-state index contributed by atoms with van der Waals surface area (Å²) in [5.41, 5.74) is 1.27. The number of aryl methyl sites for hydroxylation is 1. The second-order valence-electron chi connectivity index (χ2n) is 5.95. The summed E-state index contributed by atoms with van der Waals surface area (Å²) in [5, 5.41) is 13.6. The van der Waals surface area contributed by atoms with Crippen molar-refractivity contribution in [3.8, 4) is 0 Å². The topological polar surface area (TPSA) is 118 Å². The van der Waals surface area contributed by atoms with Crippen LogP contribution in [0.25, 0.3) is 0 Å². The summed E-state index contributed by atoms with van der Waals surface area (Å²) in [4.78, 5) is 22.9. The van der Waals surface area contributed by atoms with Crippen LogP contribution in [0.3, 0.4) is 0 Å². The van der Waals surface area contributed by atoms with Crippen molar-refractivity contribution in [3.05, 3.63) is 79.6 Å². The summed E-state index contributed by atoms with van der Waals surface area (Å²) in [5.74, 6) is -0.472. The van der Waals surface area contributed by atoms with Crippen molar-refractivity contribution in [1.82, 2.24) is 0 Å². The van der Waals surface area contributed by atoms with Crippen LogP contribution in [0.2, 0.25) is 0 Å². The number of nitro groups is 1. The van der Waals surface area contributed by atoms with Crippen LogP contribution in [0.5, 0.6) is 0 Å². The maximum Gasteiger partial charge on any atom is 0.274 e. The van der Waals surface area contributed by atoms with E-state index in [9.17, 15) is 23.3 Å². The molecule has 8 nitrogen and oxygen atoms in total. The maximum absolute atomic E-state index is 12.4. The molecule has 0 spiro atoms. The quantitative estimate of drug-likeness (QED) is 0.376. The SMILES string of the molecule is Cc1ccc(NC(=O)c2ccc(NS(=O)(=O)c3ccc(Br)s3)cc2)cc1[N+](=O)[O-]. The Bertz CT molecular complexity index is 1190. The molecule has 1 heterocycles. The number of carbonyl (C=O) groups excluding carboxylic acids is 1. The third-order valence-electron chi connectivity index (χ3n) is 3.88. The fourth-order valence-corrected chi connectivity index (χ4v) is 5.49. The fourth-order valence-electron chi connectivity index (χ4n) is 2.42. The Kier molecular flexibility index (Phi) is 6.01. The molecule has 0 unspecified atom stereocenters. The molecule has 0 saturated heterocycles. The van der Waals surface area contributed by atoms with E-state index in [-0.39, 0.29) is 15.5 Å². The Morgan fingerprint density at radius 2 is 1.72 bits per heavy atom. The molecule has 0 atom stereocenters. The Morgan fingerprint density at radius 3 is 2.31 bits per heavy atom. The van der Waals surface area contributed by atoms with E-state index in [4.69, 9.17) is 0 Å². The molecule has 3 rings (SSSR count). The lowest BCUT2D eigenvalue weighted by Crippen LogP contribution is -2.13. The molecule has 150 valence electrons. The van der Waals surface area contributed by atoms with Gasteiger partial charge in [0, 0.05) is 28.6 Å². The zero-order valence-corrected chi connectivity index (χ0v) is 18.1. The molecule has 0 radical (unpaired) electrons. The van der Waals surface area contributed by atoms with Gasteiger partial charge < -0.3 is 5.32 Å². The van der Waals surface area contributed by atoms with Gasteiger partial charge in [0.25, 0.3) is 21.6 Å². The van der Waals surface area contributed by atoms with Crippen molar-refractivity contribution >= 4 is 60.3 Å². The second kappa shape index (κ2) is 8.31. The van der Waals surface area contributed by atoms with Crippen LogP contribution < -0.4 is 10.0 Å². The Balaban J connectivity index is 1.72. The molecule has 2 N–H and O–H groups in total. The van der Waals surface area contributed by atoms with Crippen LogP contribution in [0.15, 0.2) is 62.6 Å². The monoisotopic (exact) mass is 495 g/mol. The minimum Gasteiger partial charge on any atom is -0.322 e. The molecule has 0 bridgehead atoms. The molecule has 0 saturated carbocycles. The van der Waals surface area contributed by atoms with E-state index in [2.05, 4.69) is 26.0 Å². The lowest BCUT2D eigenvalue weighted by molar-refractivity contribution is -0.385. The predicted molar refractivity (Wildman–Crippen MR) is 115 cm³/mol. The average molecular weight is 496 g/mol. The van der Waals surface area contributed by atoms with Gasteiger partial charge in [-0.25, -0.2) is 8.42 Å². The number of thiophene rings is 1. The van der Waals surface area contributed by atoms with E-state index in [0.29, 0.717) is 20.7 Å². The van der Waals surface area contributed by atoms with Crippen LogP contribution in [0, 0.1) is 17.0 Å². The predicted octanol–water partition coefficient (Wildman–Crippen LogP) is 4.78. The van der Waals surface area contributed by atoms with Crippen molar-refractivity contribution in [2.24, 2.45) is 0 Å². The number of hydrogen-bond donors (Lipinski definition) is 2. The lowest BCUT2D eigenvalue weighted by atomic mass is 10.1. The van der Waals surface area contributed by atoms with E-state index in [0.717, 1.165) is 11.3 Å². The number of halogens is 1. The molecule has 2 aromatic carbocycles. The molecular formula is C18H14BrN3O5S2.